The van der Waals surface area contributed by atoms with Gasteiger partial charge in [-0.3, -0.25) is 0 Å². The molecule has 0 atom stereocenters. The quantitative estimate of drug-likeness (QED) is 0.664. The van der Waals surface area contributed by atoms with Crippen molar-refractivity contribution < 1.29 is 0 Å². The van der Waals surface area contributed by atoms with Crippen LogP contribution in [0.5, 0.6) is 0 Å². The Hall–Kier alpha value is 0.670. The summed E-state index contributed by atoms with van der Waals surface area (Å²) >= 11 is 4.34. The van der Waals surface area contributed by atoms with E-state index in [0.717, 1.165) is 3.70 Å². The molecule has 0 saturated carbocycles. The molecule has 1 heterocycles. The fraction of sp³-hybridized carbons (Fsp3) is 0.250. The molecule has 8 heavy (non-hydrogen) atoms. The standard InChI is InChI=1S/C4H4I2N2/c1-3-2-4(5)7-8(3)6/h2H,1H3. The lowest BCUT2D eigenvalue weighted by Crippen LogP contribution is -1.82. The molecule has 0 aliphatic rings. The van der Waals surface area contributed by atoms with Gasteiger partial charge in [0.15, 0.2) is 0 Å². The monoisotopic (exact) mass is 334 g/mol. The summed E-state index contributed by atoms with van der Waals surface area (Å²) in [5, 5.41) is 4.10. The minimum absolute atomic E-state index is 1.05. The highest BCUT2D eigenvalue weighted by Gasteiger charge is 1.94. The van der Waals surface area contributed by atoms with Crippen LogP contribution in [0.1, 0.15) is 5.69 Å². The predicted molar refractivity (Wildman–Crippen MR) is 49.1 cm³/mol. The first kappa shape index (κ1) is 6.79. The second-order valence-corrected chi connectivity index (χ2v) is 3.49. The smallest absolute Gasteiger partial charge is 0.124 e. The Bertz CT molecular complexity index is 174. The van der Waals surface area contributed by atoms with E-state index in [1.807, 2.05) is 15.9 Å². The van der Waals surface area contributed by atoms with E-state index in [9.17, 15) is 0 Å². The van der Waals surface area contributed by atoms with Crippen molar-refractivity contribution in [1.82, 2.24) is 7.99 Å². The van der Waals surface area contributed by atoms with E-state index in [1.54, 1.807) is 0 Å². The number of hydrogen-bond donors (Lipinski definition) is 0. The summed E-state index contributed by atoms with van der Waals surface area (Å²) in [5.74, 6) is 0. The highest BCUT2D eigenvalue weighted by atomic mass is 127. The van der Waals surface area contributed by atoms with Gasteiger partial charge in [0.25, 0.3) is 0 Å². The lowest BCUT2D eigenvalue weighted by molar-refractivity contribution is 0.998. The molecule has 2 nitrogen and oxygen atoms in total. The molecule has 0 aliphatic carbocycles. The lowest BCUT2D eigenvalue weighted by atomic mass is 10.5. The Morgan fingerprint density at radius 1 is 1.75 bits per heavy atom. The van der Waals surface area contributed by atoms with Gasteiger partial charge < -0.3 is 0 Å². The highest BCUT2D eigenvalue weighted by Crippen LogP contribution is 2.07. The van der Waals surface area contributed by atoms with Crippen molar-refractivity contribution >= 4 is 45.5 Å². The van der Waals surface area contributed by atoms with E-state index in [4.69, 9.17) is 0 Å². The molecular weight excluding hydrogens is 330 g/mol. The third-order valence-electron chi connectivity index (χ3n) is 0.802. The van der Waals surface area contributed by atoms with E-state index < -0.39 is 0 Å². The van der Waals surface area contributed by atoms with Gasteiger partial charge in [-0.05, 0) is 35.6 Å². The van der Waals surface area contributed by atoms with Crippen molar-refractivity contribution in [3.05, 3.63) is 15.5 Å². The predicted octanol–water partition coefficient (Wildman–Crippen LogP) is 1.99. The topological polar surface area (TPSA) is 17.8 Å². The molecule has 44 valence electrons. The van der Waals surface area contributed by atoms with Crippen molar-refractivity contribution in [3.63, 3.8) is 0 Å². The average Bonchev–Trinajstić information content (AvgIpc) is 1.85. The minimum Gasteiger partial charge on any atom is -0.208 e. The van der Waals surface area contributed by atoms with Crippen LogP contribution in [0.3, 0.4) is 0 Å². The maximum Gasteiger partial charge on any atom is 0.124 e. The van der Waals surface area contributed by atoms with Gasteiger partial charge in [-0.1, -0.05) is 0 Å². The Morgan fingerprint density at radius 3 is 2.50 bits per heavy atom. The molecule has 0 amide bonds. The molecule has 0 radical (unpaired) electrons. The van der Waals surface area contributed by atoms with E-state index >= 15 is 0 Å². The lowest BCUT2D eigenvalue weighted by Gasteiger charge is -1.83. The van der Waals surface area contributed by atoms with E-state index in [0.29, 0.717) is 0 Å². The normalized spacial score (nSPS) is 9.88. The van der Waals surface area contributed by atoms with E-state index in [2.05, 4.69) is 50.6 Å². The van der Waals surface area contributed by atoms with Crippen molar-refractivity contribution in [2.45, 2.75) is 6.92 Å². The number of aryl methyl sites for hydroxylation is 1. The Morgan fingerprint density at radius 2 is 2.38 bits per heavy atom. The first-order valence-corrected chi connectivity index (χ1v) is 4.13. The van der Waals surface area contributed by atoms with Crippen LogP contribution < -0.4 is 0 Å². The molecule has 0 saturated heterocycles. The number of hydrogen-bond acceptors (Lipinski definition) is 1. The van der Waals surface area contributed by atoms with Crippen LogP contribution in [0.2, 0.25) is 0 Å². The van der Waals surface area contributed by atoms with Gasteiger partial charge in [0, 0.05) is 5.69 Å². The van der Waals surface area contributed by atoms with Crippen molar-refractivity contribution in [2.24, 2.45) is 0 Å². The summed E-state index contributed by atoms with van der Waals surface area (Å²) in [6.07, 6.45) is 0. The molecule has 4 heteroatoms. The second-order valence-electron chi connectivity index (χ2n) is 1.47. The molecule has 1 aromatic rings. The number of aromatic nitrogens is 2. The summed E-state index contributed by atoms with van der Waals surface area (Å²) in [6, 6.07) is 2.03. The summed E-state index contributed by atoms with van der Waals surface area (Å²) in [4.78, 5) is 0. The SMILES string of the molecule is Cc1cc(I)nn1I. The molecule has 0 unspecified atom stereocenters. The minimum atomic E-state index is 1.05. The molecule has 0 N–H and O–H groups in total. The molecule has 0 aromatic carbocycles. The van der Waals surface area contributed by atoms with Crippen LogP contribution in [0.4, 0.5) is 0 Å². The van der Waals surface area contributed by atoms with Gasteiger partial charge in [-0.15, -0.1) is 0 Å². The zero-order chi connectivity index (χ0) is 6.15. The maximum absolute atomic E-state index is 4.10. The Kier molecular flexibility index (Phi) is 2.13. The largest absolute Gasteiger partial charge is 0.208 e. The van der Waals surface area contributed by atoms with Crippen LogP contribution in [-0.2, 0) is 0 Å². The maximum atomic E-state index is 4.10. The Balaban J connectivity index is 3.14. The molecule has 0 spiro atoms. The van der Waals surface area contributed by atoms with Crippen LogP contribution in [0.25, 0.3) is 0 Å². The van der Waals surface area contributed by atoms with Gasteiger partial charge in [0.2, 0.25) is 0 Å². The van der Waals surface area contributed by atoms with Crippen LogP contribution in [0.15, 0.2) is 6.07 Å². The van der Waals surface area contributed by atoms with Gasteiger partial charge in [0.05, 0.1) is 22.9 Å². The van der Waals surface area contributed by atoms with Gasteiger partial charge in [0.1, 0.15) is 3.70 Å². The third-order valence-corrected chi connectivity index (χ3v) is 2.31. The first-order chi connectivity index (χ1) is 3.70. The van der Waals surface area contributed by atoms with Crippen LogP contribution in [0, 0.1) is 10.6 Å². The molecule has 1 rings (SSSR count). The highest BCUT2D eigenvalue weighted by molar-refractivity contribution is 14.1. The fourth-order valence-electron chi connectivity index (χ4n) is 0.417. The van der Waals surface area contributed by atoms with Crippen molar-refractivity contribution in [2.75, 3.05) is 0 Å². The number of halogens is 2. The second kappa shape index (κ2) is 2.51. The summed E-state index contributed by atoms with van der Waals surface area (Å²) in [6.45, 7) is 2.03. The number of nitrogens with zero attached hydrogens (tertiary/aromatic N) is 2. The summed E-state index contributed by atoms with van der Waals surface area (Å²) in [5.41, 5.74) is 1.19. The van der Waals surface area contributed by atoms with Crippen LogP contribution >= 0.6 is 45.5 Å². The summed E-state index contributed by atoms with van der Waals surface area (Å²) < 4.78 is 2.88. The fourth-order valence-corrected chi connectivity index (χ4v) is 1.87. The number of rotatable bonds is 0. The average molecular weight is 334 g/mol. The Labute approximate surface area is 75.3 Å². The van der Waals surface area contributed by atoms with Crippen molar-refractivity contribution in [1.29, 1.82) is 0 Å². The molecule has 0 fully saturated rings. The van der Waals surface area contributed by atoms with Crippen molar-refractivity contribution in [3.8, 4) is 0 Å². The van der Waals surface area contributed by atoms with E-state index in [1.165, 1.54) is 5.69 Å². The van der Waals surface area contributed by atoms with Gasteiger partial charge >= 0.3 is 0 Å². The zero-order valence-electron chi connectivity index (χ0n) is 4.23. The van der Waals surface area contributed by atoms with Crippen LogP contribution in [-0.4, -0.2) is 7.99 Å². The third kappa shape index (κ3) is 1.34. The van der Waals surface area contributed by atoms with E-state index in [-0.39, 0.29) is 0 Å². The first-order valence-electron chi connectivity index (χ1n) is 2.08. The van der Waals surface area contributed by atoms with Gasteiger partial charge in [-0.25, -0.2) is 2.90 Å². The van der Waals surface area contributed by atoms with Gasteiger partial charge in [-0.2, -0.15) is 5.10 Å². The molecule has 1 aromatic heterocycles. The molecule has 0 aliphatic heterocycles. The molecule has 0 bridgehead atoms. The zero-order valence-corrected chi connectivity index (χ0v) is 8.54. The summed E-state index contributed by atoms with van der Waals surface area (Å²) in [7, 11) is 0. The molecular formula is C4H4I2N2.